The largest absolute Gasteiger partial charge is 0.495 e. The summed E-state index contributed by atoms with van der Waals surface area (Å²) in [5.41, 5.74) is 2.03. The van der Waals surface area contributed by atoms with Gasteiger partial charge in [-0.15, -0.1) is 0 Å². The zero-order valence-corrected chi connectivity index (χ0v) is 17.7. The first kappa shape index (κ1) is 20.7. The number of anilines is 2. The van der Waals surface area contributed by atoms with Gasteiger partial charge in [-0.2, -0.15) is 0 Å². The number of para-hydroxylation sites is 1. The van der Waals surface area contributed by atoms with Crippen LogP contribution < -0.4 is 14.4 Å². The van der Waals surface area contributed by atoms with Crippen molar-refractivity contribution in [2.45, 2.75) is 17.7 Å². The molecule has 0 atom stereocenters. The Labute approximate surface area is 179 Å². The average molecular weight is 440 g/mol. The van der Waals surface area contributed by atoms with Gasteiger partial charge in [0.15, 0.2) is 0 Å². The number of benzene rings is 3. The third kappa shape index (κ3) is 3.57. The fourth-order valence-electron chi connectivity index (χ4n) is 3.79. The minimum Gasteiger partial charge on any atom is -0.495 e. The van der Waals surface area contributed by atoms with Gasteiger partial charge in [-0.25, -0.2) is 8.42 Å². The zero-order valence-electron chi connectivity index (χ0n) is 16.9. The van der Waals surface area contributed by atoms with E-state index in [1.807, 2.05) is 0 Å². The van der Waals surface area contributed by atoms with Crippen molar-refractivity contribution in [1.29, 1.82) is 0 Å². The number of methoxy groups -OCH3 is 1. The first-order valence-electron chi connectivity index (χ1n) is 9.48. The fraction of sp³-hybridized carbons (Fsp3) is 0.182. The molecule has 160 valence electrons. The van der Waals surface area contributed by atoms with E-state index in [1.54, 1.807) is 49.5 Å². The molecule has 0 saturated carbocycles. The molecule has 0 aromatic heterocycles. The molecule has 0 unspecified atom stereocenters. The Morgan fingerprint density at radius 2 is 1.90 bits per heavy atom. The van der Waals surface area contributed by atoms with Gasteiger partial charge in [0.1, 0.15) is 10.6 Å². The zero-order chi connectivity index (χ0) is 22.3. The topological polar surface area (TPSA) is 113 Å². The van der Waals surface area contributed by atoms with Crippen LogP contribution in [0.3, 0.4) is 0 Å². The molecule has 1 heterocycles. The third-order valence-electron chi connectivity index (χ3n) is 5.28. The number of amides is 1. The first-order valence-corrected chi connectivity index (χ1v) is 11.0. The number of hydrogen-bond acceptors (Lipinski definition) is 5. The average Bonchev–Trinajstić information content (AvgIpc) is 2.99. The van der Waals surface area contributed by atoms with Gasteiger partial charge >= 0.3 is 5.97 Å². The molecule has 31 heavy (non-hydrogen) atoms. The number of nitrogens with one attached hydrogen (secondary N) is 1. The summed E-state index contributed by atoms with van der Waals surface area (Å²) < 4.78 is 34.0. The second-order valence-electron chi connectivity index (χ2n) is 7.21. The van der Waals surface area contributed by atoms with Gasteiger partial charge in [0.05, 0.1) is 24.0 Å². The maximum atomic E-state index is 13.1. The highest BCUT2D eigenvalue weighted by Gasteiger charge is 2.30. The van der Waals surface area contributed by atoms with E-state index in [2.05, 4.69) is 4.72 Å². The van der Waals surface area contributed by atoms with Crippen LogP contribution in [0.5, 0.6) is 5.75 Å². The molecule has 0 spiro atoms. The lowest BCUT2D eigenvalue weighted by atomic mass is 9.98. The van der Waals surface area contributed by atoms with Crippen molar-refractivity contribution in [2.24, 2.45) is 0 Å². The standard InChI is InChI=1S/C22H20N2O6S/c1-24-17-9-8-16(23-31(28,29)19-6-4-3-5-18(19)30-2)14-11-13(7-10-20(25)26)12-15(21(14)17)22(24)27/h3-6,8-9,11-12,23H,7,10H2,1-2H3,(H,25,26). The van der Waals surface area contributed by atoms with Crippen molar-refractivity contribution in [3.05, 3.63) is 59.7 Å². The van der Waals surface area contributed by atoms with Crippen LogP contribution in [0.2, 0.25) is 0 Å². The minimum absolute atomic E-state index is 0.0138. The summed E-state index contributed by atoms with van der Waals surface area (Å²) in [5, 5.41) is 10.2. The lowest BCUT2D eigenvalue weighted by molar-refractivity contribution is -0.136. The van der Waals surface area contributed by atoms with E-state index in [0.717, 1.165) is 0 Å². The summed E-state index contributed by atoms with van der Waals surface area (Å²) in [7, 11) is -0.948. The number of carboxylic acid groups (broad SMARTS) is 1. The predicted octanol–water partition coefficient (Wildman–Crippen LogP) is 3.26. The quantitative estimate of drug-likeness (QED) is 0.583. The van der Waals surface area contributed by atoms with Crippen LogP contribution in [0.25, 0.3) is 10.8 Å². The summed E-state index contributed by atoms with van der Waals surface area (Å²) in [4.78, 5) is 25.2. The maximum Gasteiger partial charge on any atom is 0.303 e. The van der Waals surface area contributed by atoms with Crippen LogP contribution in [0.1, 0.15) is 22.3 Å². The Balaban J connectivity index is 1.86. The smallest absolute Gasteiger partial charge is 0.303 e. The van der Waals surface area contributed by atoms with Crippen molar-refractivity contribution < 1.29 is 27.9 Å². The lowest BCUT2D eigenvalue weighted by Crippen LogP contribution is -2.20. The van der Waals surface area contributed by atoms with Crippen molar-refractivity contribution in [2.75, 3.05) is 23.8 Å². The van der Waals surface area contributed by atoms with Crippen molar-refractivity contribution in [3.63, 3.8) is 0 Å². The lowest BCUT2D eigenvalue weighted by Gasteiger charge is -2.15. The molecule has 0 fully saturated rings. The van der Waals surface area contributed by atoms with Crippen molar-refractivity contribution >= 4 is 44.0 Å². The number of carboxylic acids is 1. The van der Waals surface area contributed by atoms with Gasteiger partial charge in [0.2, 0.25) is 0 Å². The van der Waals surface area contributed by atoms with Crippen LogP contribution in [-0.2, 0) is 21.2 Å². The minimum atomic E-state index is -3.99. The molecule has 2 N–H and O–H groups in total. The van der Waals surface area contributed by atoms with Gasteiger partial charge in [0.25, 0.3) is 15.9 Å². The molecule has 1 aliphatic rings. The number of ether oxygens (including phenoxy) is 1. The summed E-state index contributed by atoms with van der Waals surface area (Å²) in [6.45, 7) is 0. The van der Waals surface area contributed by atoms with E-state index in [9.17, 15) is 18.0 Å². The molecular formula is C22H20N2O6S. The summed E-state index contributed by atoms with van der Waals surface area (Å²) in [6, 6.07) is 13.0. The summed E-state index contributed by atoms with van der Waals surface area (Å²) in [6.07, 6.45) is 0.120. The molecule has 9 heteroatoms. The highest BCUT2D eigenvalue weighted by Crippen LogP contribution is 2.41. The summed E-state index contributed by atoms with van der Waals surface area (Å²) >= 11 is 0. The monoisotopic (exact) mass is 440 g/mol. The normalized spacial score (nSPS) is 13.0. The third-order valence-corrected chi connectivity index (χ3v) is 6.68. The summed E-state index contributed by atoms with van der Waals surface area (Å²) in [5.74, 6) is -0.967. The molecule has 4 rings (SSSR count). The number of carbonyl (C=O) groups is 2. The van der Waals surface area contributed by atoms with Crippen LogP contribution in [-0.4, -0.2) is 39.6 Å². The van der Waals surface area contributed by atoms with Gasteiger partial charge in [-0.05, 0) is 48.4 Å². The predicted molar refractivity (Wildman–Crippen MR) is 116 cm³/mol. The first-order chi connectivity index (χ1) is 14.7. The number of nitrogens with zero attached hydrogens (tertiary/aromatic N) is 1. The van der Waals surface area contributed by atoms with Crippen LogP contribution >= 0.6 is 0 Å². The molecule has 3 aromatic carbocycles. The van der Waals surface area contributed by atoms with E-state index in [4.69, 9.17) is 9.84 Å². The SMILES string of the molecule is COc1ccccc1S(=O)(=O)Nc1ccc2c3c(cc(CCC(=O)O)cc13)C(=O)N2C. The Bertz CT molecular complexity index is 1330. The highest BCUT2D eigenvalue weighted by atomic mass is 32.2. The van der Waals surface area contributed by atoms with E-state index in [-0.39, 0.29) is 29.4 Å². The molecule has 0 aliphatic carbocycles. The molecular weight excluding hydrogens is 420 g/mol. The number of hydrogen-bond donors (Lipinski definition) is 2. The number of aryl methyl sites for hydroxylation is 1. The van der Waals surface area contributed by atoms with Crippen LogP contribution in [0.15, 0.2) is 53.4 Å². The molecule has 8 nitrogen and oxygen atoms in total. The Hall–Kier alpha value is -3.59. The molecule has 3 aromatic rings. The van der Waals surface area contributed by atoms with Crippen molar-refractivity contribution in [1.82, 2.24) is 0 Å². The van der Waals surface area contributed by atoms with Gasteiger partial charge < -0.3 is 14.7 Å². The number of rotatable bonds is 7. The number of sulfonamides is 1. The van der Waals surface area contributed by atoms with Gasteiger partial charge in [0, 0.05) is 24.2 Å². The Morgan fingerprint density at radius 3 is 2.61 bits per heavy atom. The Kier molecular flexibility index (Phi) is 5.06. The van der Waals surface area contributed by atoms with Gasteiger partial charge in [-0.1, -0.05) is 12.1 Å². The molecule has 1 amide bonds. The number of carbonyl (C=O) groups excluding carboxylic acids is 1. The van der Waals surface area contributed by atoms with E-state index in [1.165, 1.54) is 18.1 Å². The molecule has 0 saturated heterocycles. The Morgan fingerprint density at radius 1 is 1.16 bits per heavy atom. The van der Waals surface area contributed by atoms with Crippen LogP contribution in [0, 0.1) is 0 Å². The highest BCUT2D eigenvalue weighted by molar-refractivity contribution is 7.92. The molecule has 0 bridgehead atoms. The second kappa shape index (κ2) is 7.59. The fourth-order valence-corrected chi connectivity index (χ4v) is 5.04. The molecule has 0 radical (unpaired) electrons. The number of aliphatic carboxylic acids is 1. The van der Waals surface area contributed by atoms with Crippen molar-refractivity contribution in [3.8, 4) is 5.75 Å². The van der Waals surface area contributed by atoms with E-state index < -0.39 is 16.0 Å². The van der Waals surface area contributed by atoms with Gasteiger partial charge in [-0.3, -0.25) is 14.3 Å². The van der Waals surface area contributed by atoms with E-state index >= 15 is 0 Å². The maximum absolute atomic E-state index is 13.1. The van der Waals surface area contributed by atoms with Crippen LogP contribution in [0.4, 0.5) is 11.4 Å². The molecule has 1 aliphatic heterocycles. The second-order valence-corrected chi connectivity index (χ2v) is 8.86. The van der Waals surface area contributed by atoms with E-state index in [0.29, 0.717) is 33.3 Å².